The van der Waals surface area contributed by atoms with E-state index in [0.29, 0.717) is 0 Å². The van der Waals surface area contributed by atoms with Gasteiger partial charge in [0.2, 0.25) is 0 Å². The number of likely N-dealkylation sites (N-methyl/N-ethyl adjacent to an activating group) is 1. The maximum absolute atomic E-state index is 2.66. The van der Waals surface area contributed by atoms with E-state index in [9.17, 15) is 0 Å². The molecule has 0 N–H and O–H groups in total. The molecule has 0 spiro atoms. The first kappa shape index (κ1) is 7.56. The van der Waals surface area contributed by atoms with Gasteiger partial charge in [-0.3, -0.25) is 4.90 Å². The van der Waals surface area contributed by atoms with Gasteiger partial charge in [0.15, 0.2) is 0 Å². The van der Waals surface area contributed by atoms with Crippen molar-refractivity contribution in [3.63, 3.8) is 0 Å². The van der Waals surface area contributed by atoms with Crippen LogP contribution >= 0.6 is 0 Å². The molecule has 2 nitrogen and oxygen atoms in total. The fraction of sp³-hybridized carbons (Fsp3) is 1.00. The maximum Gasteiger partial charge on any atom is 0.0224 e. The van der Waals surface area contributed by atoms with Crippen LogP contribution in [0.5, 0.6) is 0 Å². The summed E-state index contributed by atoms with van der Waals surface area (Å²) in [5.41, 5.74) is 0. The van der Waals surface area contributed by atoms with Crippen LogP contribution < -0.4 is 0 Å². The largest absolute Gasteiger partial charge is 0.301 e. The predicted molar refractivity (Wildman–Crippen MR) is 46.7 cm³/mol. The molecule has 0 aromatic carbocycles. The molecule has 0 aliphatic carbocycles. The second-order valence-corrected chi connectivity index (χ2v) is 3.73. The van der Waals surface area contributed by atoms with Gasteiger partial charge in [0.05, 0.1) is 0 Å². The van der Waals surface area contributed by atoms with Gasteiger partial charge < -0.3 is 4.90 Å². The number of piperazine rings is 1. The lowest BCUT2D eigenvalue weighted by molar-refractivity contribution is 0.109. The highest BCUT2D eigenvalue weighted by Crippen LogP contribution is 2.20. The van der Waals surface area contributed by atoms with Crippen molar-refractivity contribution in [3.8, 4) is 0 Å². The van der Waals surface area contributed by atoms with Crippen LogP contribution in [0, 0.1) is 0 Å². The Labute approximate surface area is 69.2 Å². The molecule has 0 amide bonds. The van der Waals surface area contributed by atoms with Gasteiger partial charge in [-0.2, -0.15) is 0 Å². The second kappa shape index (κ2) is 3.11. The molecule has 2 rings (SSSR count). The van der Waals surface area contributed by atoms with Crippen molar-refractivity contribution in [2.45, 2.75) is 25.8 Å². The fourth-order valence-electron chi connectivity index (χ4n) is 2.34. The lowest BCUT2D eigenvalue weighted by atomic mass is 10.1. The highest BCUT2D eigenvalue weighted by Gasteiger charge is 2.29. The van der Waals surface area contributed by atoms with Crippen molar-refractivity contribution in [3.05, 3.63) is 0 Å². The van der Waals surface area contributed by atoms with Crippen molar-refractivity contribution in [1.29, 1.82) is 0 Å². The van der Waals surface area contributed by atoms with Gasteiger partial charge in [0, 0.05) is 25.7 Å². The Kier molecular flexibility index (Phi) is 2.14. The van der Waals surface area contributed by atoms with Crippen LogP contribution in [0.3, 0.4) is 0 Å². The maximum atomic E-state index is 2.66. The molecule has 64 valence electrons. The molecule has 2 fully saturated rings. The van der Waals surface area contributed by atoms with Crippen LogP contribution in [-0.4, -0.2) is 48.6 Å². The summed E-state index contributed by atoms with van der Waals surface area (Å²) in [6.45, 7) is 8.82. The zero-order chi connectivity index (χ0) is 7.68. The molecule has 0 saturated carbocycles. The molecule has 0 bridgehead atoms. The smallest absolute Gasteiger partial charge is 0.0224 e. The molecular weight excluding hydrogens is 136 g/mol. The third kappa shape index (κ3) is 1.42. The average molecular weight is 154 g/mol. The standard InChI is InChI=1S/C9H18N2/c1-2-10-6-7-11-5-3-4-9(11)8-10/h9H,2-8H2,1H3/t9-/m0/s1. The van der Waals surface area contributed by atoms with Crippen LogP contribution in [-0.2, 0) is 0 Å². The zero-order valence-electron chi connectivity index (χ0n) is 7.42. The lowest BCUT2D eigenvalue weighted by Gasteiger charge is -2.36. The summed E-state index contributed by atoms with van der Waals surface area (Å²) in [5.74, 6) is 0. The first-order chi connectivity index (χ1) is 5.40. The Morgan fingerprint density at radius 1 is 1.27 bits per heavy atom. The van der Waals surface area contributed by atoms with Crippen molar-refractivity contribution < 1.29 is 0 Å². The van der Waals surface area contributed by atoms with E-state index in [1.807, 2.05) is 0 Å². The summed E-state index contributed by atoms with van der Waals surface area (Å²) < 4.78 is 0. The Morgan fingerprint density at radius 2 is 2.18 bits per heavy atom. The van der Waals surface area contributed by atoms with Crippen molar-refractivity contribution in [2.75, 3.05) is 32.7 Å². The minimum absolute atomic E-state index is 0.906. The third-order valence-corrected chi connectivity index (χ3v) is 3.12. The number of rotatable bonds is 1. The Balaban J connectivity index is 1.91. The molecule has 2 heterocycles. The van der Waals surface area contributed by atoms with Crippen LogP contribution in [0.4, 0.5) is 0 Å². The van der Waals surface area contributed by atoms with E-state index in [2.05, 4.69) is 16.7 Å². The molecule has 0 aromatic heterocycles. The van der Waals surface area contributed by atoms with E-state index in [4.69, 9.17) is 0 Å². The quantitative estimate of drug-likeness (QED) is 0.551. The highest BCUT2D eigenvalue weighted by molar-refractivity contribution is 4.86. The lowest BCUT2D eigenvalue weighted by Crippen LogP contribution is -2.49. The van der Waals surface area contributed by atoms with Crippen molar-refractivity contribution in [2.24, 2.45) is 0 Å². The molecule has 0 unspecified atom stereocenters. The minimum atomic E-state index is 0.906. The van der Waals surface area contributed by atoms with Crippen LogP contribution in [0.25, 0.3) is 0 Å². The van der Waals surface area contributed by atoms with E-state index in [1.54, 1.807) is 0 Å². The monoisotopic (exact) mass is 154 g/mol. The number of nitrogens with zero attached hydrogens (tertiary/aromatic N) is 2. The zero-order valence-corrected chi connectivity index (χ0v) is 7.42. The summed E-state index contributed by atoms with van der Waals surface area (Å²) in [6.07, 6.45) is 2.87. The van der Waals surface area contributed by atoms with E-state index in [1.165, 1.54) is 45.6 Å². The Bertz CT molecular complexity index is 136. The normalized spacial score (nSPS) is 34.1. The van der Waals surface area contributed by atoms with E-state index in [-0.39, 0.29) is 0 Å². The molecule has 0 radical (unpaired) electrons. The van der Waals surface area contributed by atoms with Crippen molar-refractivity contribution >= 4 is 0 Å². The topological polar surface area (TPSA) is 6.48 Å². The Hall–Kier alpha value is -0.0800. The van der Waals surface area contributed by atoms with Gasteiger partial charge in [-0.1, -0.05) is 6.92 Å². The average Bonchev–Trinajstić information content (AvgIpc) is 2.50. The van der Waals surface area contributed by atoms with E-state index >= 15 is 0 Å². The van der Waals surface area contributed by atoms with Gasteiger partial charge in [-0.25, -0.2) is 0 Å². The summed E-state index contributed by atoms with van der Waals surface area (Å²) in [4.78, 5) is 5.23. The molecule has 1 atom stereocenters. The molecule has 2 aliphatic heterocycles. The summed E-state index contributed by atoms with van der Waals surface area (Å²) in [7, 11) is 0. The van der Waals surface area contributed by atoms with Gasteiger partial charge in [-0.15, -0.1) is 0 Å². The molecule has 0 aromatic rings. The van der Waals surface area contributed by atoms with Gasteiger partial charge in [-0.05, 0) is 25.9 Å². The van der Waals surface area contributed by atoms with Crippen LogP contribution in [0.2, 0.25) is 0 Å². The predicted octanol–water partition coefficient (Wildman–Crippen LogP) is 0.786. The highest BCUT2D eigenvalue weighted by atomic mass is 15.3. The van der Waals surface area contributed by atoms with Gasteiger partial charge >= 0.3 is 0 Å². The van der Waals surface area contributed by atoms with Gasteiger partial charge in [0.25, 0.3) is 0 Å². The van der Waals surface area contributed by atoms with Crippen LogP contribution in [0.1, 0.15) is 19.8 Å². The number of fused-ring (bicyclic) bond motifs is 1. The van der Waals surface area contributed by atoms with Crippen molar-refractivity contribution in [1.82, 2.24) is 9.80 Å². The minimum Gasteiger partial charge on any atom is -0.301 e. The third-order valence-electron chi connectivity index (χ3n) is 3.12. The molecule has 2 heteroatoms. The van der Waals surface area contributed by atoms with E-state index in [0.717, 1.165) is 6.04 Å². The van der Waals surface area contributed by atoms with Gasteiger partial charge in [0.1, 0.15) is 0 Å². The summed E-state index contributed by atoms with van der Waals surface area (Å²) >= 11 is 0. The number of hydrogen-bond donors (Lipinski definition) is 0. The summed E-state index contributed by atoms with van der Waals surface area (Å²) in [5, 5.41) is 0. The fourth-order valence-corrected chi connectivity index (χ4v) is 2.34. The molecule has 2 aliphatic rings. The summed E-state index contributed by atoms with van der Waals surface area (Å²) in [6, 6.07) is 0.906. The molecular formula is C9H18N2. The first-order valence-electron chi connectivity index (χ1n) is 4.86. The SMILES string of the molecule is CCN1CCN2CCC[C@H]2C1. The second-order valence-electron chi connectivity index (χ2n) is 3.73. The molecule has 2 saturated heterocycles. The Morgan fingerprint density at radius 3 is 3.00 bits per heavy atom. The first-order valence-corrected chi connectivity index (χ1v) is 4.86. The molecule has 11 heavy (non-hydrogen) atoms. The van der Waals surface area contributed by atoms with E-state index < -0.39 is 0 Å². The number of hydrogen-bond acceptors (Lipinski definition) is 2. The van der Waals surface area contributed by atoms with Crippen LogP contribution in [0.15, 0.2) is 0 Å².